The van der Waals surface area contributed by atoms with Gasteiger partial charge in [0.15, 0.2) is 5.78 Å². The predicted octanol–water partition coefficient (Wildman–Crippen LogP) is 5.46. The Morgan fingerprint density at radius 3 is 2.65 bits per heavy atom. The third-order valence-electron chi connectivity index (χ3n) is 5.76. The maximum atomic E-state index is 12.7. The summed E-state index contributed by atoms with van der Waals surface area (Å²) in [6.45, 7) is 3.02. The quantitative estimate of drug-likeness (QED) is 0.345. The number of aromatic nitrogens is 1. The standard InChI is InChI=1S/C24H26BrN3O3/c25-20-7-5-18(6-8-20)23(29)19-10-14-28(15-11-19)13-2-16-31-24(30)27-21-4-1-3-17-9-12-26-22(17)21/h1,3-9,12,19,26H,2,10-11,13-16H2,(H,27,30). The molecule has 0 spiro atoms. The van der Waals surface area contributed by atoms with E-state index in [-0.39, 0.29) is 11.7 Å². The van der Waals surface area contributed by atoms with Crippen molar-refractivity contribution >= 4 is 44.4 Å². The van der Waals surface area contributed by atoms with Gasteiger partial charge in [0, 0.05) is 34.1 Å². The van der Waals surface area contributed by atoms with Gasteiger partial charge in [-0.3, -0.25) is 10.1 Å². The van der Waals surface area contributed by atoms with Crippen molar-refractivity contribution in [2.45, 2.75) is 19.3 Å². The van der Waals surface area contributed by atoms with Crippen molar-refractivity contribution in [1.29, 1.82) is 0 Å². The van der Waals surface area contributed by atoms with Gasteiger partial charge in [-0.1, -0.05) is 40.2 Å². The van der Waals surface area contributed by atoms with E-state index in [2.05, 4.69) is 31.1 Å². The van der Waals surface area contributed by atoms with Crippen LogP contribution in [0, 0.1) is 5.92 Å². The SMILES string of the molecule is O=C(Nc1cccc2cc[nH]c12)OCCCN1CCC(C(=O)c2ccc(Br)cc2)CC1. The van der Waals surface area contributed by atoms with Crippen LogP contribution in [0.5, 0.6) is 0 Å². The van der Waals surface area contributed by atoms with Crippen LogP contribution < -0.4 is 5.32 Å². The average molecular weight is 484 g/mol. The molecule has 1 amide bonds. The van der Waals surface area contributed by atoms with Gasteiger partial charge in [-0.25, -0.2) is 4.79 Å². The summed E-state index contributed by atoms with van der Waals surface area (Å²) in [5, 5.41) is 3.84. The molecule has 2 heterocycles. The molecule has 0 aliphatic carbocycles. The van der Waals surface area contributed by atoms with Crippen molar-refractivity contribution in [3.05, 3.63) is 64.8 Å². The number of hydrogen-bond acceptors (Lipinski definition) is 4. The van der Waals surface area contributed by atoms with Gasteiger partial charge in [0.1, 0.15) is 0 Å². The van der Waals surface area contributed by atoms with E-state index >= 15 is 0 Å². The number of ketones is 1. The van der Waals surface area contributed by atoms with Crippen molar-refractivity contribution in [3.63, 3.8) is 0 Å². The number of halogens is 1. The first-order chi connectivity index (χ1) is 15.1. The number of para-hydroxylation sites is 1. The van der Waals surface area contributed by atoms with Crippen molar-refractivity contribution in [3.8, 4) is 0 Å². The molecule has 1 fully saturated rings. The first-order valence-electron chi connectivity index (χ1n) is 10.6. The second-order valence-electron chi connectivity index (χ2n) is 7.85. The highest BCUT2D eigenvalue weighted by molar-refractivity contribution is 9.10. The Morgan fingerprint density at radius 1 is 1.10 bits per heavy atom. The minimum Gasteiger partial charge on any atom is -0.449 e. The van der Waals surface area contributed by atoms with E-state index in [4.69, 9.17) is 4.74 Å². The summed E-state index contributed by atoms with van der Waals surface area (Å²) >= 11 is 3.41. The van der Waals surface area contributed by atoms with Crippen molar-refractivity contribution in [2.24, 2.45) is 5.92 Å². The number of hydrogen-bond donors (Lipinski definition) is 2. The number of anilines is 1. The minimum atomic E-state index is -0.444. The summed E-state index contributed by atoms with van der Waals surface area (Å²) in [5.74, 6) is 0.333. The molecule has 2 N–H and O–H groups in total. The number of nitrogens with zero attached hydrogens (tertiary/aromatic N) is 1. The second kappa shape index (κ2) is 10.1. The Labute approximate surface area is 190 Å². The maximum absolute atomic E-state index is 12.7. The molecule has 1 aliphatic rings. The van der Waals surface area contributed by atoms with Gasteiger partial charge in [-0.15, -0.1) is 0 Å². The molecular formula is C24H26BrN3O3. The molecule has 0 unspecified atom stereocenters. The molecule has 0 radical (unpaired) electrons. The van der Waals surface area contributed by atoms with Crippen LogP contribution in [-0.4, -0.2) is 48.0 Å². The number of rotatable bonds is 7. The normalized spacial score (nSPS) is 15.1. The first kappa shape index (κ1) is 21.6. The van der Waals surface area contributed by atoms with E-state index in [0.717, 1.165) is 59.8 Å². The lowest BCUT2D eigenvalue weighted by molar-refractivity contribution is 0.0830. The van der Waals surface area contributed by atoms with Crippen LogP contribution in [0.25, 0.3) is 10.9 Å². The summed E-state index contributed by atoms with van der Waals surface area (Å²) < 4.78 is 6.32. The molecule has 6 nitrogen and oxygen atoms in total. The maximum Gasteiger partial charge on any atom is 0.411 e. The summed E-state index contributed by atoms with van der Waals surface area (Å²) in [6, 6.07) is 15.3. The Hall–Kier alpha value is -2.64. The number of benzene rings is 2. The fourth-order valence-corrected chi connectivity index (χ4v) is 4.32. The molecule has 7 heteroatoms. The Balaban J connectivity index is 1.15. The van der Waals surface area contributed by atoms with Crippen molar-refractivity contribution in [2.75, 3.05) is 31.6 Å². The van der Waals surface area contributed by atoms with Gasteiger partial charge in [0.2, 0.25) is 0 Å². The third-order valence-corrected chi connectivity index (χ3v) is 6.29. The van der Waals surface area contributed by atoms with Gasteiger partial charge in [-0.05, 0) is 56.6 Å². The number of nitrogens with one attached hydrogen (secondary N) is 2. The summed E-state index contributed by atoms with van der Waals surface area (Å²) in [4.78, 5) is 30.2. The van der Waals surface area contributed by atoms with Crippen LogP contribution in [0.2, 0.25) is 0 Å². The van der Waals surface area contributed by atoms with Crippen LogP contribution in [-0.2, 0) is 4.74 Å². The lowest BCUT2D eigenvalue weighted by Crippen LogP contribution is -2.37. The van der Waals surface area contributed by atoms with E-state index in [1.807, 2.05) is 54.7 Å². The molecule has 4 rings (SSSR count). The van der Waals surface area contributed by atoms with E-state index < -0.39 is 6.09 Å². The van der Waals surface area contributed by atoms with Crippen molar-refractivity contribution in [1.82, 2.24) is 9.88 Å². The minimum absolute atomic E-state index is 0.0927. The fourth-order valence-electron chi connectivity index (χ4n) is 4.06. The molecule has 1 saturated heterocycles. The highest BCUT2D eigenvalue weighted by Gasteiger charge is 2.25. The number of carbonyl (C=O) groups excluding carboxylic acids is 2. The number of H-pyrrole nitrogens is 1. The molecule has 0 saturated carbocycles. The molecule has 3 aromatic rings. The number of ether oxygens (including phenoxy) is 1. The monoisotopic (exact) mass is 483 g/mol. The number of amides is 1. The second-order valence-corrected chi connectivity index (χ2v) is 8.76. The van der Waals surface area contributed by atoms with Crippen LogP contribution in [0.4, 0.5) is 10.5 Å². The van der Waals surface area contributed by atoms with Crippen molar-refractivity contribution < 1.29 is 14.3 Å². The van der Waals surface area contributed by atoms with E-state index in [1.54, 1.807) is 0 Å². The lowest BCUT2D eigenvalue weighted by atomic mass is 9.89. The van der Waals surface area contributed by atoms with Crippen LogP contribution in [0.1, 0.15) is 29.6 Å². The summed E-state index contributed by atoms with van der Waals surface area (Å²) in [6.07, 6.45) is 3.91. The van der Waals surface area contributed by atoms with Gasteiger partial charge >= 0.3 is 6.09 Å². The topological polar surface area (TPSA) is 74.4 Å². The zero-order chi connectivity index (χ0) is 21.6. The molecule has 0 atom stereocenters. The van der Waals surface area contributed by atoms with Gasteiger partial charge in [0.25, 0.3) is 0 Å². The first-order valence-corrected chi connectivity index (χ1v) is 11.4. The highest BCUT2D eigenvalue weighted by atomic mass is 79.9. The van der Waals surface area contributed by atoms with Crippen LogP contribution in [0.15, 0.2) is 59.2 Å². The number of fused-ring (bicyclic) bond motifs is 1. The zero-order valence-corrected chi connectivity index (χ0v) is 18.9. The highest BCUT2D eigenvalue weighted by Crippen LogP contribution is 2.23. The number of likely N-dealkylation sites (tertiary alicyclic amines) is 1. The molecule has 1 aromatic heterocycles. The van der Waals surface area contributed by atoms with Gasteiger partial charge in [0.05, 0.1) is 17.8 Å². The van der Waals surface area contributed by atoms with Crippen LogP contribution >= 0.6 is 15.9 Å². The average Bonchev–Trinajstić information content (AvgIpc) is 3.27. The van der Waals surface area contributed by atoms with Crippen LogP contribution in [0.3, 0.4) is 0 Å². The zero-order valence-electron chi connectivity index (χ0n) is 17.3. The predicted molar refractivity (Wildman–Crippen MR) is 126 cm³/mol. The molecular weight excluding hydrogens is 458 g/mol. The molecule has 31 heavy (non-hydrogen) atoms. The number of aromatic amines is 1. The number of carbonyl (C=O) groups is 2. The molecule has 2 aromatic carbocycles. The Morgan fingerprint density at radius 2 is 1.87 bits per heavy atom. The third kappa shape index (κ3) is 5.54. The molecule has 0 bridgehead atoms. The molecule has 162 valence electrons. The largest absolute Gasteiger partial charge is 0.449 e. The summed E-state index contributed by atoms with van der Waals surface area (Å²) in [5.41, 5.74) is 2.39. The summed E-state index contributed by atoms with van der Waals surface area (Å²) in [7, 11) is 0. The Bertz CT molecular complexity index is 1040. The van der Waals surface area contributed by atoms with Gasteiger partial charge < -0.3 is 14.6 Å². The van der Waals surface area contributed by atoms with E-state index in [0.29, 0.717) is 12.3 Å². The lowest BCUT2D eigenvalue weighted by Gasteiger charge is -2.31. The Kier molecular flexibility index (Phi) is 7.04. The van der Waals surface area contributed by atoms with E-state index in [9.17, 15) is 9.59 Å². The van der Waals surface area contributed by atoms with E-state index in [1.165, 1.54) is 0 Å². The number of piperidine rings is 1. The smallest absolute Gasteiger partial charge is 0.411 e. The molecule has 1 aliphatic heterocycles. The number of Topliss-reactive ketones (excluding diaryl/α,β-unsaturated/α-hetero) is 1. The fraction of sp³-hybridized carbons (Fsp3) is 0.333. The van der Waals surface area contributed by atoms with Gasteiger partial charge in [-0.2, -0.15) is 0 Å².